The Labute approximate surface area is 131 Å². The number of rotatable bonds is 5. The summed E-state index contributed by atoms with van der Waals surface area (Å²) in [7, 11) is -1.64. The SMILES string of the molecule is COC(=O)c1coc(S(=O)(=O)N(C)Cc2ccc(F)c(F)c2)c1. The normalized spacial score (nSPS) is 11.7. The second kappa shape index (κ2) is 6.47. The number of benzene rings is 1. The third-order valence-electron chi connectivity index (χ3n) is 3.05. The Bertz CT molecular complexity index is 831. The highest BCUT2D eigenvalue weighted by Gasteiger charge is 2.26. The number of ether oxygens (including phenoxy) is 1. The molecule has 0 radical (unpaired) electrons. The average Bonchev–Trinajstić information content (AvgIpc) is 3.00. The summed E-state index contributed by atoms with van der Waals surface area (Å²) in [4.78, 5) is 11.3. The molecule has 6 nitrogen and oxygen atoms in total. The van der Waals surface area contributed by atoms with E-state index in [1.807, 2.05) is 0 Å². The van der Waals surface area contributed by atoms with Gasteiger partial charge in [-0.25, -0.2) is 22.0 Å². The molecule has 1 heterocycles. The van der Waals surface area contributed by atoms with Gasteiger partial charge in [-0.3, -0.25) is 0 Å². The third-order valence-corrected chi connectivity index (χ3v) is 4.72. The van der Waals surface area contributed by atoms with Gasteiger partial charge >= 0.3 is 5.97 Å². The van der Waals surface area contributed by atoms with E-state index in [-0.39, 0.29) is 17.7 Å². The fourth-order valence-electron chi connectivity index (χ4n) is 1.81. The van der Waals surface area contributed by atoms with E-state index in [1.54, 1.807) is 0 Å². The minimum absolute atomic E-state index is 0.0488. The highest BCUT2D eigenvalue weighted by molar-refractivity contribution is 7.88. The van der Waals surface area contributed by atoms with E-state index in [9.17, 15) is 22.0 Å². The zero-order valence-corrected chi connectivity index (χ0v) is 13.1. The quantitative estimate of drug-likeness (QED) is 0.776. The monoisotopic (exact) mass is 345 g/mol. The van der Waals surface area contributed by atoms with Crippen molar-refractivity contribution in [3.05, 3.63) is 53.3 Å². The molecule has 0 amide bonds. The van der Waals surface area contributed by atoms with Gasteiger partial charge < -0.3 is 9.15 Å². The summed E-state index contributed by atoms with van der Waals surface area (Å²) >= 11 is 0. The molecule has 1 aromatic heterocycles. The van der Waals surface area contributed by atoms with Gasteiger partial charge in [0.2, 0.25) is 5.09 Å². The number of furan rings is 1. The number of carbonyl (C=O) groups excluding carboxylic acids is 1. The van der Waals surface area contributed by atoms with E-state index in [4.69, 9.17) is 4.42 Å². The van der Waals surface area contributed by atoms with Gasteiger partial charge in [0.05, 0.1) is 12.7 Å². The molecular formula is C14H13F2NO5S. The average molecular weight is 345 g/mol. The predicted octanol–water partition coefficient (Wildman–Crippen LogP) is 2.17. The van der Waals surface area contributed by atoms with E-state index in [1.165, 1.54) is 13.1 Å². The van der Waals surface area contributed by atoms with Crippen molar-refractivity contribution >= 4 is 16.0 Å². The molecule has 2 aromatic rings. The van der Waals surface area contributed by atoms with Crippen LogP contribution in [0.5, 0.6) is 0 Å². The summed E-state index contributed by atoms with van der Waals surface area (Å²) in [5, 5.41) is -0.456. The van der Waals surface area contributed by atoms with E-state index < -0.39 is 32.7 Å². The van der Waals surface area contributed by atoms with Gasteiger partial charge in [0.25, 0.3) is 10.0 Å². The maximum atomic E-state index is 13.2. The standard InChI is InChI=1S/C14H13F2NO5S/c1-17(7-9-3-4-11(15)12(16)5-9)23(19,20)13-6-10(8-22-13)14(18)21-2/h3-6,8H,7H2,1-2H3. The number of nitrogens with zero attached hydrogens (tertiary/aromatic N) is 1. The summed E-state index contributed by atoms with van der Waals surface area (Å²) in [5.74, 6) is -2.83. The van der Waals surface area contributed by atoms with Crippen LogP contribution in [0.1, 0.15) is 15.9 Å². The minimum atomic E-state index is -4.04. The van der Waals surface area contributed by atoms with Gasteiger partial charge in [-0.05, 0) is 17.7 Å². The number of halogens is 2. The molecule has 124 valence electrons. The molecular weight excluding hydrogens is 332 g/mol. The van der Waals surface area contributed by atoms with Gasteiger partial charge in [0.1, 0.15) is 6.26 Å². The Kier molecular flexibility index (Phi) is 4.81. The zero-order valence-electron chi connectivity index (χ0n) is 12.2. The van der Waals surface area contributed by atoms with Crippen LogP contribution in [0.4, 0.5) is 8.78 Å². The van der Waals surface area contributed by atoms with Crippen LogP contribution in [-0.4, -0.2) is 32.8 Å². The Morgan fingerprint density at radius 2 is 1.96 bits per heavy atom. The molecule has 0 unspecified atom stereocenters. The van der Waals surface area contributed by atoms with Crippen molar-refractivity contribution in [3.8, 4) is 0 Å². The molecule has 0 saturated carbocycles. The lowest BCUT2D eigenvalue weighted by molar-refractivity contribution is 0.0600. The van der Waals surface area contributed by atoms with Crippen molar-refractivity contribution in [1.82, 2.24) is 4.31 Å². The number of methoxy groups -OCH3 is 1. The van der Waals surface area contributed by atoms with Crippen LogP contribution in [-0.2, 0) is 21.3 Å². The summed E-state index contributed by atoms with van der Waals surface area (Å²) < 4.78 is 60.9. The molecule has 0 aliphatic rings. The molecule has 0 saturated heterocycles. The fourth-order valence-corrected chi connectivity index (χ4v) is 2.88. The molecule has 0 N–H and O–H groups in total. The molecule has 0 bridgehead atoms. The van der Waals surface area contributed by atoms with E-state index >= 15 is 0 Å². The van der Waals surface area contributed by atoms with Gasteiger partial charge in [0, 0.05) is 19.7 Å². The molecule has 2 rings (SSSR count). The fraction of sp³-hybridized carbons (Fsp3) is 0.214. The first-order valence-electron chi connectivity index (χ1n) is 6.33. The van der Waals surface area contributed by atoms with Gasteiger partial charge in [-0.2, -0.15) is 4.31 Å². The lowest BCUT2D eigenvalue weighted by atomic mass is 10.2. The molecule has 0 aliphatic heterocycles. The second-order valence-electron chi connectivity index (χ2n) is 4.66. The van der Waals surface area contributed by atoms with Crippen LogP contribution in [0.15, 0.2) is 40.0 Å². The van der Waals surface area contributed by atoms with Gasteiger partial charge in [0.15, 0.2) is 11.6 Å². The maximum Gasteiger partial charge on any atom is 0.341 e. The van der Waals surface area contributed by atoms with Crippen molar-refractivity contribution in [3.63, 3.8) is 0 Å². The van der Waals surface area contributed by atoms with Crippen LogP contribution in [0.3, 0.4) is 0 Å². The maximum absolute atomic E-state index is 13.2. The van der Waals surface area contributed by atoms with Crippen molar-refractivity contribution in [2.75, 3.05) is 14.2 Å². The Morgan fingerprint density at radius 1 is 1.26 bits per heavy atom. The zero-order chi connectivity index (χ0) is 17.2. The molecule has 1 aromatic carbocycles. The lowest BCUT2D eigenvalue weighted by Crippen LogP contribution is -2.26. The Morgan fingerprint density at radius 3 is 2.57 bits per heavy atom. The largest absolute Gasteiger partial charge is 0.465 e. The lowest BCUT2D eigenvalue weighted by Gasteiger charge is -2.15. The molecule has 0 atom stereocenters. The minimum Gasteiger partial charge on any atom is -0.465 e. The van der Waals surface area contributed by atoms with Crippen molar-refractivity contribution in [2.45, 2.75) is 11.6 Å². The van der Waals surface area contributed by atoms with Crippen LogP contribution < -0.4 is 0 Å². The van der Waals surface area contributed by atoms with Crippen LogP contribution in [0.25, 0.3) is 0 Å². The Hall–Kier alpha value is -2.26. The van der Waals surface area contributed by atoms with Crippen molar-refractivity contribution < 1.29 is 31.1 Å². The van der Waals surface area contributed by atoms with Crippen molar-refractivity contribution in [2.24, 2.45) is 0 Å². The first-order valence-corrected chi connectivity index (χ1v) is 7.77. The number of esters is 1. The third kappa shape index (κ3) is 3.57. The number of carbonyl (C=O) groups is 1. The van der Waals surface area contributed by atoms with E-state index in [0.717, 1.165) is 35.9 Å². The molecule has 0 spiro atoms. The first kappa shape index (κ1) is 17.1. The van der Waals surface area contributed by atoms with E-state index in [2.05, 4.69) is 4.74 Å². The molecule has 23 heavy (non-hydrogen) atoms. The van der Waals surface area contributed by atoms with Crippen LogP contribution >= 0.6 is 0 Å². The smallest absolute Gasteiger partial charge is 0.341 e. The topological polar surface area (TPSA) is 76.8 Å². The van der Waals surface area contributed by atoms with Gasteiger partial charge in [-0.15, -0.1) is 0 Å². The Balaban J connectivity index is 2.22. The second-order valence-corrected chi connectivity index (χ2v) is 6.63. The van der Waals surface area contributed by atoms with Crippen LogP contribution in [0.2, 0.25) is 0 Å². The summed E-state index contributed by atoms with van der Waals surface area (Å²) in [5.41, 5.74) is 0.210. The van der Waals surface area contributed by atoms with Crippen molar-refractivity contribution in [1.29, 1.82) is 0 Å². The number of hydrogen-bond donors (Lipinski definition) is 0. The highest BCUT2D eigenvalue weighted by Crippen LogP contribution is 2.20. The number of sulfonamides is 1. The summed E-state index contributed by atoms with van der Waals surface area (Å²) in [6.45, 7) is -0.201. The molecule has 0 aliphatic carbocycles. The summed E-state index contributed by atoms with van der Waals surface area (Å²) in [6.07, 6.45) is 0.962. The first-order chi connectivity index (χ1) is 10.8. The molecule has 0 fully saturated rings. The molecule has 9 heteroatoms. The highest BCUT2D eigenvalue weighted by atomic mass is 32.2. The number of hydrogen-bond acceptors (Lipinski definition) is 5. The van der Waals surface area contributed by atoms with Crippen LogP contribution in [0, 0.1) is 11.6 Å². The van der Waals surface area contributed by atoms with Gasteiger partial charge in [-0.1, -0.05) is 6.07 Å². The predicted molar refractivity (Wildman–Crippen MR) is 75.1 cm³/mol. The van der Waals surface area contributed by atoms with E-state index in [0.29, 0.717) is 0 Å². The summed E-state index contributed by atoms with van der Waals surface area (Å²) in [6, 6.07) is 4.12.